The van der Waals surface area contributed by atoms with Gasteiger partial charge < -0.3 is 10.1 Å². The Morgan fingerprint density at radius 2 is 2.05 bits per heavy atom. The van der Waals surface area contributed by atoms with E-state index in [9.17, 15) is 4.39 Å². The minimum Gasteiger partial charge on any atom is -0.454 e. The molecule has 0 saturated heterocycles. The second-order valence-corrected chi connectivity index (χ2v) is 4.19. The first-order valence-corrected chi connectivity index (χ1v) is 6.37. The van der Waals surface area contributed by atoms with Crippen molar-refractivity contribution >= 4 is 0 Å². The van der Waals surface area contributed by atoms with Crippen LogP contribution in [0.1, 0.15) is 18.9 Å². The molecule has 1 heterocycles. The number of nitrogens with zero attached hydrogens (tertiary/aromatic N) is 1. The SMILES string of the molecule is CCCNCc1cnccc1Oc1ccccc1F. The van der Waals surface area contributed by atoms with Gasteiger partial charge in [-0.3, -0.25) is 4.98 Å². The molecule has 1 aromatic carbocycles. The molecule has 0 radical (unpaired) electrons. The van der Waals surface area contributed by atoms with E-state index >= 15 is 0 Å². The van der Waals surface area contributed by atoms with Crippen molar-refractivity contribution in [2.75, 3.05) is 6.54 Å². The minimum absolute atomic E-state index is 0.227. The van der Waals surface area contributed by atoms with E-state index in [0.29, 0.717) is 12.3 Å². The third-order valence-corrected chi connectivity index (χ3v) is 2.66. The fourth-order valence-electron chi connectivity index (χ4n) is 1.69. The van der Waals surface area contributed by atoms with Crippen LogP contribution in [0.15, 0.2) is 42.7 Å². The average molecular weight is 260 g/mol. The van der Waals surface area contributed by atoms with E-state index in [4.69, 9.17) is 4.74 Å². The van der Waals surface area contributed by atoms with Gasteiger partial charge in [-0.25, -0.2) is 4.39 Å². The van der Waals surface area contributed by atoms with E-state index in [1.807, 2.05) is 0 Å². The van der Waals surface area contributed by atoms with Gasteiger partial charge in [-0.1, -0.05) is 19.1 Å². The molecule has 0 aliphatic rings. The minimum atomic E-state index is -0.369. The van der Waals surface area contributed by atoms with Crippen molar-refractivity contribution in [3.8, 4) is 11.5 Å². The molecule has 0 bridgehead atoms. The number of rotatable bonds is 6. The molecular formula is C15H17FN2O. The smallest absolute Gasteiger partial charge is 0.165 e. The number of hydrogen-bond donors (Lipinski definition) is 1. The quantitative estimate of drug-likeness (QED) is 0.807. The van der Waals surface area contributed by atoms with Crippen molar-refractivity contribution in [3.63, 3.8) is 0 Å². The van der Waals surface area contributed by atoms with Crippen LogP contribution >= 0.6 is 0 Å². The molecule has 0 fully saturated rings. The molecule has 19 heavy (non-hydrogen) atoms. The van der Waals surface area contributed by atoms with E-state index in [1.165, 1.54) is 6.07 Å². The Morgan fingerprint density at radius 3 is 2.84 bits per heavy atom. The van der Waals surface area contributed by atoms with Crippen molar-refractivity contribution in [1.82, 2.24) is 10.3 Å². The van der Waals surface area contributed by atoms with Crippen LogP contribution in [-0.2, 0) is 6.54 Å². The molecule has 2 aromatic rings. The maximum atomic E-state index is 13.6. The van der Waals surface area contributed by atoms with Gasteiger partial charge in [-0.2, -0.15) is 0 Å². The lowest BCUT2D eigenvalue weighted by atomic mass is 10.2. The van der Waals surface area contributed by atoms with Gasteiger partial charge in [0.1, 0.15) is 5.75 Å². The maximum Gasteiger partial charge on any atom is 0.165 e. The predicted molar refractivity (Wildman–Crippen MR) is 72.7 cm³/mol. The van der Waals surface area contributed by atoms with Crippen molar-refractivity contribution in [2.45, 2.75) is 19.9 Å². The van der Waals surface area contributed by atoms with Gasteiger partial charge in [0.15, 0.2) is 11.6 Å². The van der Waals surface area contributed by atoms with Gasteiger partial charge in [0.2, 0.25) is 0 Å². The molecule has 0 spiro atoms. The highest BCUT2D eigenvalue weighted by Gasteiger charge is 2.07. The molecular weight excluding hydrogens is 243 g/mol. The molecule has 0 unspecified atom stereocenters. The summed E-state index contributed by atoms with van der Waals surface area (Å²) >= 11 is 0. The second kappa shape index (κ2) is 6.85. The molecule has 4 heteroatoms. The number of para-hydroxylation sites is 1. The van der Waals surface area contributed by atoms with Crippen LogP contribution < -0.4 is 10.1 Å². The third kappa shape index (κ3) is 3.76. The van der Waals surface area contributed by atoms with Crippen molar-refractivity contribution < 1.29 is 9.13 Å². The van der Waals surface area contributed by atoms with Crippen molar-refractivity contribution in [2.24, 2.45) is 0 Å². The lowest BCUT2D eigenvalue weighted by Gasteiger charge is -2.11. The van der Waals surface area contributed by atoms with E-state index in [-0.39, 0.29) is 11.6 Å². The highest BCUT2D eigenvalue weighted by atomic mass is 19.1. The van der Waals surface area contributed by atoms with Crippen LogP contribution in [0.3, 0.4) is 0 Å². The standard InChI is InChI=1S/C15H17FN2O/c1-2-8-17-10-12-11-18-9-7-14(12)19-15-6-4-3-5-13(15)16/h3-7,9,11,17H,2,8,10H2,1H3. The van der Waals surface area contributed by atoms with Gasteiger partial charge in [-0.15, -0.1) is 0 Å². The zero-order chi connectivity index (χ0) is 13.5. The predicted octanol–water partition coefficient (Wildman–Crippen LogP) is 3.51. The van der Waals surface area contributed by atoms with E-state index < -0.39 is 0 Å². The summed E-state index contributed by atoms with van der Waals surface area (Å²) in [5.74, 6) is 0.487. The highest BCUT2D eigenvalue weighted by Crippen LogP contribution is 2.26. The molecule has 1 aromatic heterocycles. The summed E-state index contributed by atoms with van der Waals surface area (Å²) in [6.07, 6.45) is 4.43. The summed E-state index contributed by atoms with van der Waals surface area (Å²) in [6, 6.07) is 8.12. The van der Waals surface area contributed by atoms with Crippen LogP contribution in [0, 0.1) is 5.82 Å². The average Bonchev–Trinajstić information content (AvgIpc) is 2.43. The van der Waals surface area contributed by atoms with Gasteiger partial charge in [-0.05, 0) is 31.2 Å². The van der Waals surface area contributed by atoms with Gasteiger partial charge in [0.05, 0.1) is 0 Å². The topological polar surface area (TPSA) is 34.2 Å². The number of pyridine rings is 1. The summed E-state index contributed by atoms with van der Waals surface area (Å²) in [5, 5.41) is 3.28. The van der Waals surface area contributed by atoms with E-state index in [1.54, 1.807) is 36.7 Å². The van der Waals surface area contributed by atoms with Crippen LogP contribution in [0.2, 0.25) is 0 Å². The lowest BCUT2D eigenvalue weighted by Crippen LogP contribution is -2.14. The Hall–Kier alpha value is -1.94. The number of benzene rings is 1. The van der Waals surface area contributed by atoms with Crippen LogP contribution in [-0.4, -0.2) is 11.5 Å². The summed E-state index contributed by atoms with van der Waals surface area (Å²) in [7, 11) is 0. The Balaban J connectivity index is 2.13. The molecule has 0 amide bonds. The normalized spacial score (nSPS) is 10.4. The van der Waals surface area contributed by atoms with Gasteiger partial charge in [0, 0.05) is 24.5 Å². The first kappa shape index (κ1) is 13.5. The summed E-state index contributed by atoms with van der Waals surface area (Å²) in [4.78, 5) is 4.07. The van der Waals surface area contributed by atoms with Crippen molar-refractivity contribution in [1.29, 1.82) is 0 Å². The highest BCUT2D eigenvalue weighted by molar-refractivity contribution is 5.36. The summed E-state index contributed by atoms with van der Waals surface area (Å²) in [6.45, 7) is 3.69. The molecule has 3 nitrogen and oxygen atoms in total. The summed E-state index contributed by atoms with van der Waals surface area (Å²) in [5.41, 5.74) is 0.916. The van der Waals surface area contributed by atoms with Crippen LogP contribution in [0.25, 0.3) is 0 Å². The number of nitrogens with one attached hydrogen (secondary N) is 1. The third-order valence-electron chi connectivity index (χ3n) is 2.66. The molecule has 1 N–H and O–H groups in total. The Labute approximate surface area is 112 Å². The zero-order valence-corrected chi connectivity index (χ0v) is 10.9. The molecule has 2 rings (SSSR count). The van der Waals surface area contributed by atoms with Crippen LogP contribution in [0.4, 0.5) is 4.39 Å². The first-order valence-electron chi connectivity index (χ1n) is 6.37. The van der Waals surface area contributed by atoms with Crippen LogP contribution in [0.5, 0.6) is 11.5 Å². The Bertz CT molecular complexity index is 531. The number of hydrogen-bond acceptors (Lipinski definition) is 3. The number of aromatic nitrogens is 1. The molecule has 100 valence electrons. The Morgan fingerprint density at radius 1 is 1.21 bits per heavy atom. The molecule has 0 aliphatic carbocycles. The van der Waals surface area contributed by atoms with Crippen molar-refractivity contribution in [3.05, 3.63) is 54.1 Å². The van der Waals surface area contributed by atoms with E-state index in [2.05, 4.69) is 17.2 Å². The molecule has 0 aliphatic heterocycles. The monoisotopic (exact) mass is 260 g/mol. The lowest BCUT2D eigenvalue weighted by molar-refractivity contribution is 0.435. The fraction of sp³-hybridized carbons (Fsp3) is 0.267. The number of halogens is 1. The molecule has 0 atom stereocenters. The second-order valence-electron chi connectivity index (χ2n) is 4.19. The van der Waals surface area contributed by atoms with E-state index in [0.717, 1.165) is 18.5 Å². The zero-order valence-electron chi connectivity index (χ0n) is 10.9. The largest absolute Gasteiger partial charge is 0.454 e. The Kier molecular flexibility index (Phi) is 4.86. The fourth-order valence-corrected chi connectivity index (χ4v) is 1.69. The molecule has 0 saturated carbocycles. The van der Waals surface area contributed by atoms with Gasteiger partial charge in [0.25, 0.3) is 0 Å². The summed E-state index contributed by atoms with van der Waals surface area (Å²) < 4.78 is 19.2. The van der Waals surface area contributed by atoms with Gasteiger partial charge >= 0.3 is 0 Å². The number of ether oxygens (including phenoxy) is 1. The maximum absolute atomic E-state index is 13.6. The first-order chi connectivity index (χ1) is 9.31.